The minimum Gasteiger partial charge on any atom is -0.444 e. The van der Waals surface area contributed by atoms with Crippen LogP contribution in [-0.2, 0) is 33.7 Å². The van der Waals surface area contributed by atoms with E-state index in [0.29, 0.717) is 38.8 Å². The van der Waals surface area contributed by atoms with E-state index in [-0.39, 0.29) is 48.5 Å². The van der Waals surface area contributed by atoms with E-state index < -0.39 is 17.7 Å². The zero-order valence-corrected chi connectivity index (χ0v) is 31.3. The van der Waals surface area contributed by atoms with Crippen molar-refractivity contribution in [3.05, 3.63) is 88.4 Å². The molecule has 51 heavy (non-hydrogen) atoms. The van der Waals surface area contributed by atoms with Crippen molar-refractivity contribution in [1.82, 2.24) is 25.8 Å². The minimum atomic E-state index is -0.899. The fourth-order valence-corrected chi connectivity index (χ4v) is 7.06. The van der Waals surface area contributed by atoms with Gasteiger partial charge in [-0.2, -0.15) is 0 Å². The van der Waals surface area contributed by atoms with E-state index in [1.54, 1.807) is 23.5 Å². The third-order valence-electron chi connectivity index (χ3n) is 8.59. The molecule has 13 heteroatoms. The Morgan fingerprint density at radius 2 is 1.57 bits per heavy atom. The zero-order valence-electron chi connectivity index (χ0n) is 29.7. The quantitative estimate of drug-likeness (QED) is 0.146. The number of amides is 4. The lowest BCUT2D eigenvalue weighted by molar-refractivity contribution is -0.126. The third-order valence-corrected chi connectivity index (χ3v) is 10.3. The molecule has 3 aromatic rings. The van der Waals surface area contributed by atoms with Gasteiger partial charge in [0.05, 0.1) is 34.7 Å². The van der Waals surface area contributed by atoms with Crippen LogP contribution in [0.4, 0.5) is 9.59 Å². The summed E-state index contributed by atoms with van der Waals surface area (Å²) in [6, 6.07) is 18.5. The summed E-state index contributed by atoms with van der Waals surface area (Å²) in [5, 5.41) is 9.56. The number of hydrogen-bond donors (Lipinski definition) is 3. The molecule has 0 radical (unpaired) electrons. The first-order valence-electron chi connectivity index (χ1n) is 17.6. The molecule has 5 rings (SSSR count). The second kappa shape index (κ2) is 19.1. The maximum atomic E-state index is 14.1. The average Bonchev–Trinajstić information content (AvgIpc) is 3.55. The van der Waals surface area contributed by atoms with Gasteiger partial charge in [0.2, 0.25) is 5.91 Å². The molecule has 1 aliphatic carbocycles. The van der Waals surface area contributed by atoms with Gasteiger partial charge < -0.3 is 30.3 Å². The molecule has 1 fully saturated rings. The number of urea groups is 1. The molecule has 3 N–H and O–H groups in total. The van der Waals surface area contributed by atoms with Crippen LogP contribution >= 0.6 is 23.1 Å². The first-order chi connectivity index (χ1) is 24.6. The summed E-state index contributed by atoms with van der Waals surface area (Å²) in [5.41, 5.74) is 5.20. The Bertz CT molecular complexity index is 1540. The number of hydrogen-bond acceptors (Lipinski definition) is 9. The number of aliphatic imine (C=N–C) groups is 1. The molecular weight excluding hydrogens is 685 g/mol. The molecule has 0 saturated heterocycles. The molecule has 1 saturated carbocycles. The molecule has 4 atom stereocenters. The standard InChI is InChI=1S/C38H50N6O5S2/c1-38(2,3)49-24-34(43-36(46)44(31-16-17-31)22-32-20-39-25-50-32)35(45)41-29(18-27-10-6-4-7-11-27)14-15-30(19-28-12-8-5-9-13-28)42-37(47)48-23-33-21-40-26-51-33/h4-13,21,25-26,29-32,34H,14-20,22-24H2,1-3H3,(H,41,45)(H,42,47)(H,43,46)/t29-,30-,32?,34-/m0/s1. The number of rotatable bonds is 18. The summed E-state index contributed by atoms with van der Waals surface area (Å²) < 4.78 is 11.6. The van der Waals surface area contributed by atoms with E-state index in [4.69, 9.17) is 9.47 Å². The summed E-state index contributed by atoms with van der Waals surface area (Å²) in [5.74, 6) is -0.306. The number of nitrogens with zero attached hydrogens (tertiary/aromatic N) is 3. The highest BCUT2D eigenvalue weighted by molar-refractivity contribution is 8.12. The highest BCUT2D eigenvalue weighted by Crippen LogP contribution is 2.29. The number of alkyl carbamates (subject to hydrolysis) is 1. The largest absolute Gasteiger partial charge is 0.444 e. The molecule has 0 spiro atoms. The van der Waals surface area contributed by atoms with Gasteiger partial charge >= 0.3 is 12.1 Å². The van der Waals surface area contributed by atoms with Crippen LogP contribution in [-0.4, -0.2) is 88.2 Å². The van der Waals surface area contributed by atoms with Crippen molar-refractivity contribution in [2.24, 2.45) is 4.99 Å². The lowest BCUT2D eigenvalue weighted by Gasteiger charge is -2.30. The van der Waals surface area contributed by atoms with Crippen LogP contribution in [0.3, 0.4) is 0 Å². The van der Waals surface area contributed by atoms with Crippen LogP contribution in [0.15, 0.2) is 77.4 Å². The average molecular weight is 735 g/mol. The monoisotopic (exact) mass is 734 g/mol. The molecule has 11 nitrogen and oxygen atoms in total. The van der Waals surface area contributed by atoms with Crippen LogP contribution < -0.4 is 16.0 Å². The maximum absolute atomic E-state index is 14.1. The minimum absolute atomic E-state index is 0.0305. The third kappa shape index (κ3) is 13.6. The van der Waals surface area contributed by atoms with Gasteiger partial charge in [-0.25, -0.2) is 9.59 Å². The van der Waals surface area contributed by atoms with Gasteiger partial charge in [-0.15, -0.1) is 23.1 Å². The predicted molar refractivity (Wildman–Crippen MR) is 203 cm³/mol. The first-order valence-corrected chi connectivity index (χ1v) is 19.5. The van der Waals surface area contributed by atoms with Crippen molar-refractivity contribution in [2.45, 2.75) is 101 Å². The Labute approximate surface area is 309 Å². The number of ether oxygens (including phenoxy) is 2. The second-order valence-electron chi connectivity index (χ2n) is 14.1. The number of thioether (sulfide) groups is 1. The van der Waals surface area contributed by atoms with Gasteiger partial charge in [0.25, 0.3) is 0 Å². The van der Waals surface area contributed by atoms with E-state index in [0.717, 1.165) is 28.8 Å². The molecule has 274 valence electrons. The highest BCUT2D eigenvalue weighted by atomic mass is 32.2. The molecular formula is C38H50N6O5S2. The number of carbonyl (C=O) groups is 3. The van der Waals surface area contributed by atoms with Crippen LogP contribution in [0.2, 0.25) is 0 Å². The zero-order chi connectivity index (χ0) is 36.1. The Balaban J connectivity index is 1.28. The van der Waals surface area contributed by atoms with E-state index in [1.165, 1.54) is 11.3 Å². The van der Waals surface area contributed by atoms with Gasteiger partial charge in [-0.05, 0) is 70.4 Å². The Kier molecular flexibility index (Phi) is 14.3. The number of benzene rings is 2. The van der Waals surface area contributed by atoms with Crippen molar-refractivity contribution in [3.8, 4) is 0 Å². The lowest BCUT2D eigenvalue weighted by atomic mass is 9.96. The molecule has 1 aromatic heterocycles. The summed E-state index contributed by atoms with van der Waals surface area (Å²) in [4.78, 5) is 51.9. The van der Waals surface area contributed by atoms with Gasteiger partial charge in [0.15, 0.2) is 0 Å². The molecule has 1 aliphatic heterocycles. The SMILES string of the molecule is CC(C)(C)OC[C@H](NC(=O)N(CC1CN=CS1)C1CC1)C(=O)N[C@@H](CC[C@@H](Cc1ccccc1)NC(=O)OCc1cncs1)Cc1ccccc1. The van der Waals surface area contributed by atoms with E-state index >= 15 is 0 Å². The Hall–Kier alpha value is -3.94. The summed E-state index contributed by atoms with van der Waals surface area (Å²) in [6.45, 7) is 7.23. The number of carbonyl (C=O) groups excluding carboxylic acids is 3. The van der Waals surface area contributed by atoms with E-state index in [2.05, 4.69) is 25.9 Å². The van der Waals surface area contributed by atoms with Crippen molar-refractivity contribution >= 4 is 46.7 Å². The van der Waals surface area contributed by atoms with Crippen LogP contribution in [0.25, 0.3) is 0 Å². The first kappa shape index (κ1) is 38.3. The smallest absolute Gasteiger partial charge is 0.407 e. The lowest BCUT2D eigenvalue weighted by Crippen LogP contribution is -2.56. The predicted octanol–water partition coefficient (Wildman–Crippen LogP) is 5.99. The maximum Gasteiger partial charge on any atom is 0.407 e. The molecule has 4 amide bonds. The fourth-order valence-electron chi connectivity index (χ4n) is 5.80. The van der Waals surface area contributed by atoms with Crippen molar-refractivity contribution < 1.29 is 23.9 Å². The number of thiazole rings is 1. The summed E-state index contributed by atoms with van der Waals surface area (Å²) >= 11 is 3.07. The van der Waals surface area contributed by atoms with Gasteiger partial charge in [-0.3, -0.25) is 14.8 Å². The van der Waals surface area contributed by atoms with E-state index in [1.807, 2.05) is 91.9 Å². The summed E-state index contributed by atoms with van der Waals surface area (Å²) in [7, 11) is 0. The van der Waals surface area contributed by atoms with Crippen molar-refractivity contribution in [2.75, 3.05) is 19.7 Å². The van der Waals surface area contributed by atoms with E-state index in [9.17, 15) is 14.4 Å². The van der Waals surface area contributed by atoms with Gasteiger partial charge in [0.1, 0.15) is 12.6 Å². The molecule has 2 aliphatic rings. The fraction of sp³-hybridized carbons (Fsp3) is 0.500. The van der Waals surface area contributed by atoms with Crippen molar-refractivity contribution in [3.63, 3.8) is 0 Å². The van der Waals surface area contributed by atoms with Gasteiger partial charge in [0, 0.05) is 36.1 Å². The van der Waals surface area contributed by atoms with Gasteiger partial charge in [-0.1, -0.05) is 60.7 Å². The molecule has 2 aromatic carbocycles. The van der Waals surface area contributed by atoms with Crippen LogP contribution in [0.1, 0.15) is 62.5 Å². The molecule has 1 unspecified atom stereocenters. The molecule has 2 heterocycles. The Morgan fingerprint density at radius 1 is 0.922 bits per heavy atom. The number of nitrogens with one attached hydrogen (secondary N) is 3. The Morgan fingerprint density at radius 3 is 2.12 bits per heavy atom. The highest BCUT2D eigenvalue weighted by Gasteiger charge is 2.37. The molecule has 0 bridgehead atoms. The van der Waals surface area contributed by atoms with Crippen LogP contribution in [0, 0.1) is 0 Å². The van der Waals surface area contributed by atoms with Crippen molar-refractivity contribution in [1.29, 1.82) is 0 Å². The summed E-state index contributed by atoms with van der Waals surface area (Å²) in [6.07, 6.45) is 5.42. The number of aromatic nitrogens is 1. The normalized spacial score (nSPS) is 17.3. The topological polar surface area (TPSA) is 134 Å². The van der Waals surface area contributed by atoms with Crippen LogP contribution in [0.5, 0.6) is 0 Å². The second-order valence-corrected chi connectivity index (χ2v) is 16.2.